The summed E-state index contributed by atoms with van der Waals surface area (Å²) in [4.78, 5) is 18.0. The van der Waals surface area contributed by atoms with Gasteiger partial charge in [-0.2, -0.15) is 0 Å². The average molecular weight is 340 g/mol. The van der Waals surface area contributed by atoms with Crippen LogP contribution in [-0.4, -0.2) is 40.5 Å². The lowest BCUT2D eigenvalue weighted by atomic mass is 10.0. The number of pyridine rings is 1. The molecule has 1 N–H and O–H groups in total. The Labute approximate surface area is 148 Å². The second kappa shape index (κ2) is 8.12. The van der Waals surface area contributed by atoms with E-state index < -0.39 is 0 Å². The van der Waals surface area contributed by atoms with Crippen molar-refractivity contribution in [2.45, 2.75) is 38.8 Å². The number of phenolic OH excluding ortho intramolecular Hbond substituents is 1. The van der Waals surface area contributed by atoms with E-state index in [-0.39, 0.29) is 17.4 Å². The van der Waals surface area contributed by atoms with Gasteiger partial charge in [-0.05, 0) is 50.1 Å². The summed E-state index contributed by atoms with van der Waals surface area (Å²) in [7, 11) is 0. The third kappa shape index (κ3) is 4.17. The first-order valence-corrected chi connectivity index (χ1v) is 8.73. The third-order valence-electron chi connectivity index (χ3n) is 4.83. The summed E-state index contributed by atoms with van der Waals surface area (Å²) < 4.78 is 5.90. The highest BCUT2D eigenvalue weighted by atomic mass is 16.5. The van der Waals surface area contributed by atoms with Gasteiger partial charge in [0.1, 0.15) is 18.1 Å². The lowest BCUT2D eigenvalue weighted by Crippen LogP contribution is -2.42. The van der Waals surface area contributed by atoms with Crippen LogP contribution in [0.5, 0.6) is 11.5 Å². The van der Waals surface area contributed by atoms with E-state index in [1.165, 1.54) is 24.5 Å². The number of piperidine rings is 1. The molecule has 0 spiro atoms. The highest BCUT2D eigenvalue weighted by Crippen LogP contribution is 2.27. The zero-order valence-electron chi connectivity index (χ0n) is 14.5. The molecule has 1 atom stereocenters. The van der Waals surface area contributed by atoms with Crippen LogP contribution in [0.3, 0.4) is 0 Å². The summed E-state index contributed by atoms with van der Waals surface area (Å²) in [5.41, 5.74) is 2.51. The summed E-state index contributed by atoms with van der Waals surface area (Å²) in [6.07, 6.45) is 5.88. The smallest absolute Gasteiger partial charge is 0.157 e. The van der Waals surface area contributed by atoms with Crippen LogP contribution in [0.1, 0.15) is 40.9 Å². The van der Waals surface area contributed by atoms with Crippen molar-refractivity contribution in [3.8, 4) is 11.5 Å². The number of aldehydes is 1. The van der Waals surface area contributed by atoms with Crippen LogP contribution < -0.4 is 4.74 Å². The summed E-state index contributed by atoms with van der Waals surface area (Å²) in [5, 5.41) is 9.78. The first kappa shape index (κ1) is 17.4. The maximum atomic E-state index is 11.2. The van der Waals surface area contributed by atoms with Crippen LogP contribution in [-0.2, 0) is 6.54 Å². The van der Waals surface area contributed by atoms with Gasteiger partial charge in [0, 0.05) is 24.5 Å². The van der Waals surface area contributed by atoms with Gasteiger partial charge in [0.15, 0.2) is 6.29 Å². The van der Waals surface area contributed by atoms with E-state index in [1.54, 1.807) is 12.1 Å². The maximum absolute atomic E-state index is 11.2. The standard InChI is InChI=1S/C20H24N2O3/c1-15-16(6-5-10-21-15)12-22-11-3-2-7-17(22)14-25-20-9-4-8-19(24)18(20)13-23/h4-6,8-10,13,17,24H,2-3,7,11-12,14H2,1H3/t17-/m0/s1. The fourth-order valence-corrected chi connectivity index (χ4v) is 3.32. The summed E-state index contributed by atoms with van der Waals surface area (Å²) in [5.74, 6) is 0.400. The normalized spacial score (nSPS) is 18.0. The Balaban J connectivity index is 1.69. The minimum absolute atomic E-state index is 0.0426. The van der Waals surface area contributed by atoms with Crippen molar-refractivity contribution in [2.24, 2.45) is 0 Å². The van der Waals surface area contributed by atoms with Crippen LogP contribution >= 0.6 is 0 Å². The molecule has 1 aliphatic heterocycles. The molecule has 0 saturated carbocycles. The number of likely N-dealkylation sites (tertiary alicyclic amines) is 1. The van der Waals surface area contributed by atoms with Gasteiger partial charge in [0.25, 0.3) is 0 Å². The highest BCUT2D eigenvalue weighted by molar-refractivity contribution is 5.83. The van der Waals surface area contributed by atoms with Crippen molar-refractivity contribution < 1.29 is 14.6 Å². The molecule has 1 fully saturated rings. The highest BCUT2D eigenvalue weighted by Gasteiger charge is 2.24. The van der Waals surface area contributed by atoms with Gasteiger partial charge >= 0.3 is 0 Å². The van der Waals surface area contributed by atoms with Crippen LogP contribution in [0.2, 0.25) is 0 Å². The van der Waals surface area contributed by atoms with E-state index in [2.05, 4.69) is 16.0 Å². The molecule has 1 aromatic carbocycles. The molecule has 5 nitrogen and oxygen atoms in total. The van der Waals surface area contributed by atoms with E-state index in [9.17, 15) is 9.90 Å². The van der Waals surface area contributed by atoms with Crippen molar-refractivity contribution in [1.29, 1.82) is 0 Å². The van der Waals surface area contributed by atoms with Crippen LogP contribution in [0.25, 0.3) is 0 Å². The number of ether oxygens (including phenoxy) is 1. The third-order valence-corrected chi connectivity index (χ3v) is 4.83. The SMILES string of the molecule is Cc1ncccc1CN1CCCC[C@H]1COc1cccc(O)c1C=O. The number of aromatic hydroxyl groups is 1. The molecule has 0 aliphatic carbocycles. The Hall–Kier alpha value is -2.40. The van der Waals surface area contributed by atoms with Crippen molar-refractivity contribution in [3.05, 3.63) is 53.3 Å². The zero-order valence-corrected chi connectivity index (χ0v) is 14.5. The second-order valence-corrected chi connectivity index (χ2v) is 6.49. The summed E-state index contributed by atoms with van der Waals surface area (Å²) >= 11 is 0. The average Bonchev–Trinajstić information content (AvgIpc) is 2.63. The molecule has 25 heavy (non-hydrogen) atoms. The number of aryl methyl sites for hydroxylation is 1. The van der Waals surface area contributed by atoms with Crippen molar-refractivity contribution in [1.82, 2.24) is 9.88 Å². The number of hydrogen-bond donors (Lipinski definition) is 1. The van der Waals surface area contributed by atoms with E-state index >= 15 is 0 Å². The number of benzene rings is 1. The van der Waals surface area contributed by atoms with Crippen molar-refractivity contribution in [2.75, 3.05) is 13.2 Å². The zero-order chi connectivity index (χ0) is 17.6. The molecule has 5 heteroatoms. The molecule has 1 aliphatic rings. The number of hydrogen-bond acceptors (Lipinski definition) is 5. The maximum Gasteiger partial charge on any atom is 0.157 e. The molecule has 1 saturated heterocycles. The van der Waals surface area contributed by atoms with Crippen LogP contribution in [0.4, 0.5) is 0 Å². The predicted octanol–water partition coefficient (Wildman–Crippen LogP) is 3.34. The summed E-state index contributed by atoms with van der Waals surface area (Å²) in [6.45, 7) is 4.43. The molecule has 0 amide bonds. The molecule has 1 aromatic heterocycles. The number of phenols is 1. The Morgan fingerprint density at radius 3 is 3.00 bits per heavy atom. The van der Waals surface area contributed by atoms with E-state index in [4.69, 9.17) is 4.74 Å². The molecule has 0 unspecified atom stereocenters. The number of nitrogens with zero attached hydrogens (tertiary/aromatic N) is 2. The first-order chi connectivity index (χ1) is 12.2. The molecular weight excluding hydrogens is 316 g/mol. The fourth-order valence-electron chi connectivity index (χ4n) is 3.32. The number of aromatic nitrogens is 1. The topological polar surface area (TPSA) is 62.7 Å². The number of carbonyl (C=O) groups is 1. The van der Waals surface area contributed by atoms with E-state index in [0.29, 0.717) is 18.6 Å². The van der Waals surface area contributed by atoms with Crippen LogP contribution in [0, 0.1) is 6.92 Å². The van der Waals surface area contributed by atoms with Gasteiger partial charge in [-0.25, -0.2) is 0 Å². The molecule has 0 radical (unpaired) electrons. The van der Waals surface area contributed by atoms with Gasteiger partial charge in [-0.3, -0.25) is 14.7 Å². The van der Waals surface area contributed by atoms with Crippen molar-refractivity contribution >= 4 is 6.29 Å². The van der Waals surface area contributed by atoms with Gasteiger partial charge in [-0.1, -0.05) is 18.6 Å². The number of rotatable bonds is 6. The first-order valence-electron chi connectivity index (χ1n) is 8.73. The quantitative estimate of drug-likeness (QED) is 0.817. The second-order valence-electron chi connectivity index (χ2n) is 6.49. The van der Waals surface area contributed by atoms with Crippen LogP contribution in [0.15, 0.2) is 36.5 Å². The van der Waals surface area contributed by atoms with Gasteiger partial charge < -0.3 is 9.84 Å². The van der Waals surface area contributed by atoms with Gasteiger partial charge in [0.2, 0.25) is 0 Å². The predicted molar refractivity (Wildman–Crippen MR) is 96.0 cm³/mol. The Morgan fingerprint density at radius 1 is 1.32 bits per heavy atom. The Bertz CT molecular complexity index is 733. The minimum Gasteiger partial charge on any atom is -0.507 e. The molecule has 3 rings (SSSR count). The molecule has 2 heterocycles. The van der Waals surface area contributed by atoms with E-state index in [0.717, 1.165) is 25.2 Å². The molecule has 2 aromatic rings. The lowest BCUT2D eigenvalue weighted by molar-refractivity contribution is 0.0919. The lowest BCUT2D eigenvalue weighted by Gasteiger charge is -2.35. The van der Waals surface area contributed by atoms with Gasteiger partial charge in [-0.15, -0.1) is 0 Å². The minimum atomic E-state index is -0.0426. The Morgan fingerprint density at radius 2 is 2.20 bits per heavy atom. The number of carbonyl (C=O) groups excluding carboxylic acids is 1. The largest absolute Gasteiger partial charge is 0.507 e. The van der Waals surface area contributed by atoms with Crippen molar-refractivity contribution in [3.63, 3.8) is 0 Å². The fraction of sp³-hybridized carbons (Fsp3) is 0.400. The van der Waals surface area contributed by atoms with Gasteiger partial charge in [0.05, 0.1) is 5.56 Å². The monoisotopic (exact) mass is 340 g/mol. The summed E-state index contributed by atoms with van der Waals surface area (Å²) in [6, 6.07) is 9.29. The molecular formula is C20H24N2O3. The molecule has 132 valence electrons. The van der Waals surface area contributed by atoms with E-state index in [1.807, 2.05) is 19.2 Å². The molecule has 0 bridgehead atoms. The Kier molecular flexibility index (Phi) is 5.66.